The molecule has 0 spiro atoms. The minimum atomic E-state index is -3.97. The molecule has 0 bridgehead atoms. The summed E-state index contributed by atoms with van der Waals surface area (Å²) in [5.41, 5.74) is 5.42. The maximum Gasteiger partial charge on any atom is 0.270 e. The number of anilines is 1. The van der Waals surface area contributed by atoms with Crippen LogP contribution in [0.1, 0.15) is 38.8 Å². The molecule has 0 atom stereocenters. The van der Waals surface area contributed by atoms with Gasteiger partial charge in [0, 0.05) is 25.2 Å². The number of sulfonamides is 1. The van der Waals surface area contributed by atoms with Crippen LogP contribution in [0.3, 0.4) is 0 Å². The van der Waals surface area contributed by atoms with Gasteiger partial charge in [-0.2, -0.15) is 9.41 Å². The van der Waals surface area contributed by atoms with Crippen molar-refractivity contribution in [1.29, 1.82) is 0 Å². The molecular weight excluding hydrogens is 432 g/mol. The third kappa shape index (κ3) is 5.32. The Hall–Kier alpha value is -2.82. The standard InChI is InChI=1S/C22H28N4O5S/c1-16(17-5-7-18(8-6-17)22(2,3)4)23-24-20-10-9-19(26(27)28)15-21(20)32(29,30)25-11-13-31-14-12-25/h5-10,15,24H,11-14H2,1-4H3/b23-16+. The van der Waals surface area contributed by atoms with E-state index in [1.54, 1.807) is 6.92 Å². The van der Waals surface area contributed by atoms with Crippen LogP contribution in [0.4, 0.5) is 11.4 Å². The molecule has 32 heavy (non-hydrogen) atoms. The molecule has 10 heteroatoms. The van der Waals surface area contributed by atoms with Crippen LogP contribution in [0, 0.1) is 10.1 Å². The fraction of sp³-hybridized carbons (Fsp3) is 0.409. The van der Waals surface area contributed by atoms with Gasteiger partial charge in [-0.15, -0.1) is 0 Å². The molecule has 1 aliphatic rings. The van der Waals surface area contributed by atoms with Crippen LogP contribution in [-0.4, -0.2) is 49.7 Å². The average molecular weight is 461 g/mol. The van der Waals surface area contributed by atoms with E-state index in [4.69, 9.17) is 4.74 Å². The van der Waals surface area contributed by atoms with Crippen molar-refractivity contribution in [3.8, 4) is 0 Å². The second kappa shape index (κ2) is 9.35. The first-order valence-corrected chi connectivity index (χ1v) is 11.7. The molecule has 0 saturated carbocycles. The number of hydrogen-bond acceptors (Lipinski definition) is 7. The number of benzene rings is 2. The summed E-state index contributed by atoms with van der Waals surface area (Å²) in [5.74, 6) is 0. The van der Waals surface area contributed by atoms with Crippen LogP contribution < -0.4 is 5.43 Å². The lowest BCUT2D eigenvalue weighted by Crippen LogP contribution is -2.40. The molecule has 3 rings (SSSR count). The van der Waals surface area contributed by atoms with Crippen molar-refractivity contribution in [2.24, 2.45) is 5.10 Å². The van der Waals surface area contributed by atoms with Gasteiger partial charge in [0.1, 0.15) is 4.90 Å². The van der Waals surface area contributed by atoms with E-state index in [2.05, 4.69) is 31.3 Å². The molecular formula is C22H28N4O5S. The zero-order chi connectivity index (χ0) is 23.5. The zero-order valence-corrected chi connectivity index (χ0v) is 19.5. The van der Waals surface area contributed by atoms with E-state index in [-0.39, 0.29) is 48.0 Å². The number of hydrazone groups is 1. The Morgan fingerprint density at radius 2 is 1.75 bits per heavy atom. The minimum absolute atomic E-state index is 0.0311. The molecule has 0 aromatic heterocycles. The van der Waals surface area contributed by atoms with Crippen molar-refractivity contribution >= 4 is 27.1 Å². The molecule has 2 aromatic rings. The van der Waals surface area contributed by atoms with Crippen LogP contribution in [0.2, 0.25) is 0 Å². The number of nitrogens with one attached hydrogen (secondary N) is 1. The van der Waals surface area contributed by atoms with E-state index in [0.29, 0.717) is 5.71 Å². The average Bonchev–Trinajstić information content (AvgIpc) is 2.77. The molecule has 0 radical (unpaired) electrons. The largest absolute Gasteiger partial charge is 0.379 e. The van der Waals surface area contributed by atoms with Crippen LogP contribution in [0.5, 0.6) is 0 Å². The molecule has 0 amide bonds. The lowest BCUT2D eigenvalue weighted by atomic mass is 9.86. The molecule has 9 nitrogen and oxygen atoms in total. The highest BCUT2D eigenvalue weighted by Gasteiger charge is 2.30. The summed E-state index contributed by atoms with van der Waals surface area (Å²) in [6.45, 7) is 9.14. The molecule has 1 fully saturated rings. The number of non-ortho nitro benzene ring substituents is 1. The monoisotopic (exact) mass is 460 g/mol. The van der Waals surface area contributed by atoms with Crippen LogP contribution >= 0.6 is 0 Å². The molecule has 1 aliphatic heterocycles. The summed E-state index contributed by atoms with van der Waals surface area (Å²) in [5, 5.41) is 15.6. The van der Waals surface area contributed by atoms with Crippen molar-refractivity contribution in [2.75, 3.05) is 31.7 Å². The predicted molar refractivity (Wildman–Crippen MR) is 124 cm³/mol. The summed E-state index contributed by atoms with van der Waals surface area (Å²) >= 11 is 0. The first kappa shape index (κ1) is 23.8. The Kier molecular flexibility index (Phi) is 6.97. The Balaban J connectivity index is 1.92. The van der Waals surface area contributed by atoms with Gasteiger partial charge in [0.15, 0.2) is 0 Å². The third-order valence-electron chi connectivity index (χ3n) is 5.28. The van der Waals surface area contributed by atoms with Gasteiger partial charge in [0.25, 0.3) is 5.69 Å². The van der Waals surface area contributed by atoms with Gasteiger partial charge in [0.05, 0.1) is 29.5 Å². The van der Waals surface area contributed by atoms with Gasteiger partial charge in [-0.25, -0.2) is 8.42 Å². The highest BCUT2D eigenvalue weighted by molar-refractivity contribution is 7.89. The number of hydrogen-bond donors (Lipinski definition) is 1. The van der Waals surface area contributed by atoms with E-state index in [9.17, 15) is 18.5 Å². The number of ether oxygens (including phenoxy) is 1. The van der Waals surface area contributed by atoms with Gasteiger partial charge in [-0.05, 0) is 29.5 Å². The summed E-state index contributed by atoms with van der Waals surface area (Å²) in [4.78, 5) is 10.4. The molecule has 0 unspecified atom stereocenters. The van der Waals surface area contributed by atoms with Crippen molar-refractivity contribution in [2.45, 2.75) is 38.0 Å². The second-order valence-electron chi connectivity index (χ2n) is 8.59. The van der Waals surface area contributed by atoms with Crippen LogP contribution in [0.25, 0.3) is 0 Å². The molecule has 0 aliphatic carbocycles. The van der Waals surface area contributed by atoms with Crippen molar-refractivity contribution < 1.29 is 18.1 Å². The van der Waals surface area contributed by atoms with Gasteiger partial charge >= 0.3 is 0 Å². The third-order valence-corrected chi connectivity index (χ3v) is 7.22. The van der Waals surface area contributed by atoms with Gasteiger partial charge in [0.2, 0.25) is 10.0 Å². The molecule has 172 valence electrons. The first-order chi connectivity index (χ1) is 15.0. The Morgan fingerprint density at radius 3 is 2.31 bits per heavy atom. The lowest BCUT2D eigenvalue weighted by molar-refractivity contribution is -0.385. The van der Waals surface area contributed by atoms with E-state index >= 15 is 0 Å². The topological polar surface area (TPSA) is 114 Å². The highest BCUT2D eigenvalue weighted by atomic mass is 32.2. The van der Waals surface area contributed by atoms with E-state index in [1.807, 2.05) is 24.3 Å². The second-order valence-corrected chi connectivity index (χ2v) is 10.5. The molecule has 1 heterocycles. The van der Waals surface area contributed by atoms with Crippen molar-refractivity contribution in [3.05, 3.63) is 63.7 Å². The Bertz CT molecular complexity index is 1120. The minimum Gasteiger partial charge on any atom is -0.379 e. The van der Waals surface area contributed by atoms with E-state index < -0.39 is 14.9 Å². The van der Waals surface area contributed by atoms with E-state index in [1.165, 1.54) is 22.0 Å². The summed E-state index contributed by atoms with van der Waals surface area (Å²) in [6, 6.07) is 11.7. The summed E-state index contributed by atoms with van der Waals surface area (Å²) in [7, 11) is -3.97. The predicted octanol–water partition coefficient (Wildman–Crippen LogP) is 3.75. The maximum absolute atomic E-state index is 13.2. The SMILES string of the molecule is C/C(=N\Nc1ccc([N+](=O)[O-])cc1S(=O)(=O)N1CCOCC1)c1ccc(C(C)(C)C)cc1. The molecule has 2 aromatic carbocycles. The van der Waals surface area contributed by atoms with Gasteiger partial charge < -0.3 is 4.74 Å². The smallest absolute Gasteiger partial charge is 0.270 e. The number of morpholine rings is 1. The molecule has 1 saturated heterocycles. The van der Waals surface area contributed by atoms with Gasteiger partial charge in [-0.3, -0.25) is 15.5 Å². The first-order valence-electron chi connectivity index (χ1n) is 10.3. The number of nitrogens with zero attached hydrogens (tertiary/aromatic N) is 3. The number of nitro benzene ring substituents is 1. The quantitative estimate of drug-likeness (QED) is 0.399. The van der Waals surface area contributed by atoms with E-state index in [0.717, 1.165) is 11.6 Å². The van der Waals surface area contributed by atoms with Crippen molar-refractivity contribution in [3.63, 3.8) is 0 Å². The van der Waals surface area contributed by atoms with Crippen LogP contribution in [-0.2, 0) is 20.2 Å². The van der Waals surface area contributed by atoms with Crippen LogP contribution in [0.15, 0.2) is 52.5 Å². The maximum atomic E-state index is 13.2. The fourth-order valence-electron chi connectivity index (χ4n) is 3.28. The Labute approximate surface area is 188 Å². The highest BCUT2D eigenvalue weighted by Crippen LogP contribution is 2.30. The fourth-order valence-corrected chi connectivity index (χ4v) is 4.85. The van der Waals surface area contributed by atoms with Gasteiger partial charge in [-0.1, -0.05) is 45.0 Å². The summed E-state index contributed by atoms with van der Waals surface area (Å²) < 4.78 is 32.9. The molecule has 1 N–H and O–H groups in total. The number of rotatable bonds is 6. The number of nitro groups is 1. The zero-order valence-electron chi connectivity index (χ0n) is 18.7. The Morgan fingerprint density at radius 1 is 1.12 bits per heavy atom. The van der Waals surface area contributed by atoms with Crippen molar-refractivity contribution in [1.82, 2.24) is 4.31 Å². The summed E-state index contributed by atoms with van der Waals surface area (Å²) in [6.07, 6.45) is 0. The lowest BCUT2D eigenvalue weighted by Gasteiger charge is -2.26. The normalized spacial score (nSPS) is 16.1.